The van der Waals surface area contributed by atoms with Crippen molar-refractivity contribution in [3.63, 3.8) is 0 Å². The number of pyridine rings is 1. The minimum absolute atomic E-state index is 0.207. The highest BCUT2D eigenvalue weighted by molar-refractivity contribution is 5.95. The Balaban J connectivity index is 2.05. The second-order valence-electron chi connectivity index (χ2n) is 4.26. The molecule has 0 amide bonds. The smallest absolute Gasteiger partial charge is 0.322 e. The van der Waals surface area contributed by atoms with Gasteiger partial charge in [-0.1, -0.05) is 30.3 Å². The van der Waals surface area contributed by atoms with Gasteiger partial charge in [0.05, 0.1) is 18.4 Å². The molecule has 6 heteroatoms. The molecule has 0 radical (unpaired) electrons. The molecule has 108 valence electrons. The van der Waals surface area contributed by atoms with Crippen molar-refractivity contribution >= 4 is 17.6 Å². The van der Waals surface area contributed by atoms with Gasteiger partial charge in [-0.25, -0.2) is 4.99 Å². The molecule has 0 atom stereocenters. The predicted molar refractivity (Wildman–Crippen MR) is 81.1 cm³/mol. The van der Waals surface area contributed by atoms with E-state index in [0.717, 1.165) is 11.3 Å². The molecule has 1 heterocycles. The molecule has 21 heavy (non-hydrogen) atoms. The number of nitrogens with zero attached hydrogens (tertiary/aromatic N) is 2. The van der Waals surface area contributed by atoms with Gasteiger partial charge >= 0.3 is 5.97 Å². The van der Waals surface area contributed by atoms with Crippen LogP contribution in [-0.2, 0) is 11.3 Å². The van der Waals surface area contributed by atoms with Gasteiger partial charge in [-0.15, -0.1) is 0 Å². The van der Waals surface area contributed by atoms with Crippen molar-refractivity contribution in [1.82, 2.24) is 10.3 Å². The highest BCUT2D eigenvalue weighted by Crippen LogP contribution is 2.04. The zero-order valence-electron chi connectivity index (χ0n) is 11.4. The number of carbonyl (C=O) groups is 1. The van der Waals surface area contributed by atoms with Gasteiger partial charge in [0.15, 0.2) is 5.96 Å². The first kappa shape index (κ1) is 14.5. The summed E-state index contributed by atoms with van der Waals surface area (Å²) in [5.74, 6) is -0.551. The molecule has 2 rings (SSSR count). The fourth-order valence-electron chi connectivity index (χ4n) is 1.63. The van der Waals surface area contributed by atoms with Crippen LogP contribution in [-0.4, -0.2) is 28.6 Å². The molecule has 3 N–H and O–H groups in total. The highest BCUT2D eigenvalue weighted by atomic mass is 16.4. The standard InChI is InChI=1S/C15H16N4O2/c20-14(21)11-18-15(19-13-7-4-8-16-10-13)17-9-12-5-2-1-3-6-12/h1-8,10H,9,11H2,(H,20,21)(H2,17,18,19). The van der Waals surface area contributed by atoms with Gasteiger partial charge in [-0.2, -0.15) is 0 Å². The van der Waals surface area contributed by atoms with Gasteiger partial charge in [0.1, 0.15) is 6.54 Å². The predicted octanol–water partition coefficient (Wildman–Crippen LogP) is 1.72. The number of aromatic nitrogens is 1. The summed E-state index contributed by atoms with van der Waals surface area (Å²) in [5, 5.41) is 14.5. The van der Waals surface area contributed by atoms with Crippen LogP contribution in [0.3, 0.4) is 0 Å². The fourth-order valence-corrected chi connectivity index (χ4v) is 1.63. The van der Waals surface area contributed by atoms with E-state index in [2.05, 4.69) is 20.6 Å². The van der Waals surface area contributed by atoms with Crippen molar-refractivity contribution in [3.8, 4) is 0 Å². The first-order valence-electron chi connectivity index (χ1n) is 6.45. The molecule has 0 aliphatic rings. The maximum Gasteiger partial charge on any atom is 0.322 e. The summed E-state index contributed by atoms with van der Waals surface area (Å²) in [6.07, 6.45) is 3.30. The zero-order chi connectivity index (χ0) is 14.9. The van der Waals surface area contributed by atoms with E-state index in [0.29, 0.717) is 12.5 Å². The second kappa shape index (κ2) is 7.64. The Bertz CT molecular complexity index is 600. The lowest BCUT2D eigenvalue weighted by molar-refractivity contribution is -0.135. The van der Waals surface area contributed by atoms with Crippen LogP contribution in [0.15, 0.2) is 59.9 Å². The van der Waals surface area contributed by atoms with Gasteiger partial charge in [0.2, 0.25) is 0 Å². The van der Waals surface area contributed by atoms with Crippen LogP contribution in [0.4, 0.5) is 5.69 Å². The summed E-state index contributed by atoms with van der Waals surface area (Å²) >= 11 is 0. The minimum atomic E-state index is -0.949. The van der Waals surface area contributed by atoms with E-state index in [4.69, 9.17) is 5.11 Å². The van der Waals surface area contributed by atoms with Crippen molar-refractivity contribution < 1.29 is 9.90 Å². The second-order valence-corrected chi connectivity index (χ2v) is 4.26. The highest BCUT2D eigenvalue weighted by Gasteiger charge is 2.03. The van der Waals surface area contributed by atoms with Crippen LogP contribution >= 0.6 is 0 Å². The SMILES string of the molecule is O=C(O)CNC(=NCc1ccccc1)Nc1cccnc1. The lowest BCUT2D eigenvalue weighted by Gasteiger charge is -2.10. The third-order valence-electron chi connectivity index (χ3n) is 2.59. The van der Waals surface area contributed by atoms with E-state index in [1.54, 1.807) is 18.5 Å². The minimum Gasteiger partial charge on any atom is -0.480 e. The Morgan fingerprint density at radius 1 is 1.19 bits per heavy atom. The van der Waals surface area contributed by atoms with Crippen LogP contribution in [0.1, 0.15) is 5.56 Å². The van der Waals surface area contributed by atoms with Crippen LogP contribution in [0.5, 0.6) is 0 Å². The maximum atomic E-state index is 10.7. The number of hydrogen-bond donors (Lipinski definition) is 3. The van der Waals surface area contributed by atoms with Gasteiger partial charge in [0, 0.05) is 6.20 Å². The molecule has 1 aromatic carbocycles. The molecule has 1 aromatic heterocycles. The monoisotopic (exact) mass is 284 g/mol. The van der Waals surface area contributed by atoms with Crippen molar-refractivity contribution in [2.45, 2.75) is 6.54 Å². The number of rotatable bonds is 5. The van der Waals surface area contributed by atoms with Crippen LogP contribution in [0.2, 0.25) is 0 Å². The van der Waals surface area contributed by atoms with E-state index in [-0.39, 0.29) is 6.54 Å². The number of guanidine groups is 1. The van der Waals surface area contributed by atoms with E-state index in [1.807, 2.05) is 36.4 Å². The first-order valence-corrected chi connectivity index (χ1v) is 6.45. The number of carboxylic acids is 1. The Morgan fingerprint density at radius 2 is 2.00 bits per heavy atom. The molecule has 0 saturated heterocycles. The summed E-state index contributed by atoms with van der Waals surface area (Å²) in [7, 11) is 0. The molecule has 2 aromatic rings. The van der Waals surface area contributed by atoms with Crippen LogP contribution in [0, 0.1) is 0 Å². The van der Waals surface area contributed by atoms with Gasteiger partial charge in [-0.3, -0.25) is 9.78 Å². The third-order valence-corrected chi connectivity index (χ3v) is 2.59. The number of nitrogens with one attached hydrogen (secondary N) is 2. The summed E-state index contributed by atoms with van der Waals surface area (Å²) in [6, 6.07) is 13.3. The van der Waals surface area contributed by atoms with Crippen LogP contribution in [0.25, 0.3) is 0 Å². The summed E-state index contributed by atoms with van der Waals surface area (Å²) in [5.41, 5.74) is 1.78. The Morgan fingerprint density at radius 3 is 2.67 bits per heavy atom. The molecule has 0 unspecified atom stereocenters. The number of anilines is 1. The average Bonchev–Trinajstić information content (AvgIpc) is 2.52. The van der Waals surface area contributed by atoms with Gasteiger partial charge < -0.3 is 15.7 Å². The topological polar surface area (TPSA) is 86.6 Å². The maximum absolute atomic E-state index is 10.7. The summed E-state index contributed by atoms with van der Waals surface area (Å²) in [6.45, 7) is 0.247. The molecular weight excluding hydrogens is 268 g/mol. The largest absolute Gasteiger partial charge is 0.480 e. The normalized spacial score (nSPS) is 11.0. The molecule has 0 saturated carbocycles. The fraction of sp³-hybridized carbons (Fsp3) is 0.133. The number of benzene rings is 1. The third kappa shape index (κ3) is 5.32. The van der Waals surface area contributed by atoms with E-state index >= 15 is 0 Å². The van der Waals surface area contributed by atoms with Crippen molar-refractivity contribution in [2.24, 2.45) is 4.99 Å². The molecular formula is C15H16N4O2. The Hall–Kier alpha value is -2.89. The van der Waals surface area contributed by atoms with Crippen molar-refractivity contribution in [1.29, 1.82) is 0 Å². The van der Waals surface area contributed by atoms with E-state index in [1.165, 1.54) is 0 Å². The van der Waals surface area contributed by atoms with E-state index < -0.39 is 5.97 Å². The first-order chi connectivity index (χ1) is 10.2. The molecule has 0 aliphatic heterocycles. The summed E-state index contributed by atoms with van der Waals surface area (Å²) < 4.78 is 0. The number of aliphatic imine (C=N–C) groups is 1. The molecule has 6 nitrogen and oxygen atoms in total. The van der Waals surface area contributed by atoms with Gasteiger partial charge in [0.25, 0.3) is 0 Å². The summed E-state index contributed by atoms with van der Waals surface area (Å²) in [4.78, 5) is 19.0. The number of carboxylic acid groups (broad SMARTS) is 1. The van der Waals surface area contributed by atoms with Crippen molar-refractivity contribution in [2.75, 3.05) is 11.9 Å². The Labute approximate surface area is 122 Å². The molecule has 0 spiro atoms. The molecule has 0 fully saturated rings. The van der Waals surface area contributed by atoms with E-state index in [9.17, 15) is 4.79 Å². The van der Waals surface area contributed by atoms with Crippen LogP contribution < -0.4 is 10.6 Å². The lowest BCUT2D eigenvalue weighted by Crippen LogP contribution is -2.35. The number of hydrogen-bond acceptors (Lipinski definition) is 3. The lowest BCUT2D eigenvalue weighted by atomic mass is 10.2. The van der Waals surface area contributed by atoms with Gasteiger partial charge in [-0.05, 0) is 17.7 Å². The number of aliphatic carboxylic acids is 1. The quantitative estimate of drug-likeness (QED) is 0.575. The zero-order valence-corrected chi connectivity index (χ0v) is 11.4. The molecule has 0 bridgehead atoms. The average molecular weight is 284 g/mol. The Kier molecular flexibility index (Phi) is 5.28. The van der Waals surface area contributed by atoms with Crippen molar-refractivity contribution in [3.05, 3.63) is 60.4 Å². The molecule has 0 aliphatic carbocycles.